The van der Waals surface area contributed by atoms with Crippen molar-refractivity contribution in [1.82, 2.24) is 10.4 Å². The highest BCUT2D eigenvalue weighted by Gasteiger charge is 2.21. The van der Waals surface area contributed by atoms with Crippen LogP contribution in [0.4, 0.5) is 5.69 Å². The van der Waals surface area contributed by atoms with Crippen LogP contribution in [0.1, 0.15) is 36.0 Å². The monoisotopic (exact) mass is 356 g/mol. The first-order valence-electron chi connectivity index (χ1n) is 8.18. The smallest absolute Gasteiger partial charge is 0.246 e. The van der Waals surface area contributed by atoms with Gasteiger partial charge in [-0.3, -0.25) is 9.59 Å². The molecule has 130 valence electrons. The minimum absolute atomic E-state index is 0.169. The average Bonchev–Trinajstić information content (AvgIpc) is 3.21. The summed E-state index contributed by atoms with van der Waals surface area (Å²) < 4.78 is 0. The summed E-state index contributed by atoms with van der Waals surface area (Å²) in [5.41, 5.74) is 5.84. The van der Waals surface area contributed by atoms with E-state index in [1.54, 1.807) is 4.90 Å². The summed E-state index contributed by atoms with van der Waals surface area (Å²) in [6, 6.07) is 7.65. The highest BCUT2D eigenvalue weighted by molar-refractivity contribution is 7.09. The van der Waals surface area contributed by atoms with E-state index >= 15 is 0 Å². The summed E-state index contributed by atoms with van der Waals surface area (Å²) in [5.74, 6) is -0.0217. The minimum atomic E-state index is -0.191. The molecule has 6 nitrogen and oxygen atoms in total. The number of nitrogens with zero attached hydrogens (tertiary/aromatic N) is 3. The van der Waals surface area contributed by atoms with Gasteiger partial charge >= 0.3 is 0 Å². The van der Waals surface area contributed by atoms with Crippen molar-refractivity contribution in [2.24, 2.45) is 5.10 Å². The van der Waals surface area contributed by atoms with Crippen LogP contribution in [0.15, 0.2) is 34.7 Å². The second-order valence-electron chi connectivity index (χ2n) is 5.96. The predicted octanol–water partition coefficient (Wildman–Crippen LogP) is 2.66. The van der Waals surface area contributed by atoms with Gasteiger partial charge in [-0.25, -0.2) is 10.4 Å². The Morgan fingerprint density at radius 3 is 2.72 bits per heavy atom. The molecule has 2 heterocycles. The van der Waals surface area contributed by atoms with Gasteiger partial charge in [0.2, 0.25) is 11.8 Å². The minimum Gasteiger partial charge on any atom is -0.312 e. The number of nitrogens with one attached hydrogen (secondary N) is 1. The molecule has 1 fully saturated rings. The maximum absolute atomic E-state index is 11.9. The molecule has 0 saturated carbocycles. The van der Waals surface area contributed by atoms with Gasteiger partial charge in [-0.05, 0) is 38.0 Å². The fourth-order valence-electron chi connectivity index (χ4n) is 2.71. The molecule has 2 amide bonds. The lowest BCUT2D eigenvalue weighted by Crippen LogP contribution is -2.23. The molecule has 3 rings (SSSR count). The molecule has 7 heteroatoms. The molecule has 1 N–H and O–H groups in total. The zero-order valence-corrected chi connectivity index (χ0v) is 15.1. The predicted molar refractivity (Wildman–Crippen MR) is 98.9 cm³/mol. The lowest BCUT2D eigenvalue weighted by Gasteiger charge is -2.15. The van der Waals surface area contributed by atoms with Gasteiger partial charge in [0, 0.05) is 24.0 Å². The molecule has 0 radical (unpaired) electrons. The standard InChI is InChI=1S/C18H20N4O2S/c1-12(20-21-17(23)10-15-11-25-13(2)19-15)14-5-7-16(8-6-14)22-9-3-4-18(22)24/h5-8,11H,3-4,9-10H2,1-2H3,(H,21,23). The average molecular weight is 356 g/mol. The molecule has 0 aliphatic carbocycles. The molecule has 25 heavy (non-hydrogen) atoms. The van der Waals surface area contributed by atoms with E-state index in [0.29, 0.717) is 12.1 Å². The Bertz CT molecular complexity index is 811. The molecule has 1 aliphatic heterocycles. The number of aryl methyl sites for hydroxylation is 1. The van der Waals surface area contributed by atoms with Crippen LogP contribution in [-0.2, 0) is 16.0 Å². The zero-order chi connectivity index (χ0) is 17.8. The maximum atomic E-state index is 11.9. The molecular formula is C18H20N4O2S. The van der Waals surface area contributed by atoms with Gasteiger partial charge < -0.3 is 4.90 Å². The Morgan fingerprint density at radius 1 is 1.36 bits per heavy atom. The van der Waals surface area contributed by atoms with E-state index in [0.717, 1.165) is 34.9 Å². The normalized spacial score (nSPS) is 14.9. The van der Waals surface area contributed by atoms with Crippen LogP contribution < -0.4 is 10.3 Å². The number of hydrogen-bond donors (Lipinski definition) is 1. The van der Waals surface area contributed by atoms with E-state index in [4.69, 9.17) is 0 Å². The number of thiazole rings is 1. The van der Waals surface area contributed by atoms with Crippen LogP contribution in [0.3, 0.4) is 0 Å². The van der Waals surface area contributed by atoms with Crippen LogP contribution in [0.25, 0.3) is 0 Å². The summed E-state index contributed by atoms with van der Waals surface area (Å²) >= 11 is 1.52. The van der Waals surface area contributed by atoms with Crippen molar-refractivity contribution in [3.63, 3.8) is 0 Å². The highest BCUT2D eigenvalue weighted by Crippen LogP contribution is 2.21. The van der Waals surface area contributed by atoms with E-state index in [9.17, 15) is 9.59 Å². The van der Waals surface area contributed by atoms with E-state index in [-0.39, 0.29) is 18.2 Å². The van der Waals surface area contributed by atoms with Crippen molar-refractivity contribution in [1.29, 1.82) is 0 Å². The van der Waals surface area contributed by atoms with E-state index in [2.05, 4.69) is 15.5 Å². The molecule has 0 spiro atoms. The summed E-state index contributed by atoms with van der Waals surface area (Å²) in [7, 11) is 0. The quantitative estimate of drug-likeness (QED) is 0.661. The van der Waals surface area contributed by atoms with E-state index in [1.807, 2.05) is 43.5 Å². The van der Waals surface area contributed by atoms with Gasteiger partial charge in [-0.15, -0.1) is 11.3 Å². The highest BCUT2D eigenvalue weighted by atomic mass is 32.1. The largest absolute Gasteiger partial charge is 0.312 e. The lowest BCUT2D eigenvalue weighted by atomic mass is 10.1. The van der Waals surface area contributed by atoms with Crippen LogP contribution in [0, 0.1) is 6.92 Å². The van der Waals surface area contributed by atoms with Crippen LogP contribution in [0.5, 0.6) is 0 Å². The second kappa shape index (κ2) is 7.57. The van der Waals surface area contributed by atoms with Crippen molar-refractivity contribution in [2.45, 2.75) is 33.1 Å². The third-order valence-corrected chi connectivity index (χ3v) is 4.85. The first-order valence-corrected chi connectivity index (χ1v) is 9.06. The topological polar surface area (TPSA) is 74.7 Å². The Kier molecular flexibility index (Phi) is 5.23. The summed E-state index contributed by atoms with van der Waals surface area (Å²) in [4.78, 5) is 29.8. The van der Waals surface area contributed by atoms with E-state index < -0.39 is 0 Å². The molecule has 0 atom stereocenters. The Labute approximate surface area is 150 Å². The number of aromatic nitrogens is 1. The molecule has 1 aliphatic rings. The van der Waals surface area contributed by atoms with Crippen LogP contribution in [0.2, 0.25) is 0 Å². The van der Waals surface area contributed by atoms with Crippen molar-refractivity contribution >= 4 is 34.6 Å². The molecule has 1 aromatic heterocycles. The summed E-state index contributed by atoms with van der Waals surface area (Å²) in [6.07, 6.45) is 1.75. The van der Waals surface area contributed by atoms with Crippen molar-refractivity contribution < 1.29 is 9.59 Å². The number of carbonyl (C=O) groups excluding carboxylic acids is 2. The number of carbonyl (C=O) groups is 2. The Morgan fingerprint density at radius 2 is 2.12 bits per heavy atom. The van der Waals surface area contributed by atoms with Gasteiger partial charge in [0.25, 0.3) is 0 Å². The fourth-order valence-corrected chi connectivity index (χ4v) is 3.32. The van der Waals surface area contributed by atoms with Gasteiger partial charge in [-0.2, -0.15) is 5.10 Å². The van der Waals surface area contributed by atoms with Gasteiger partial charge in [0.05, 0.1) is 22.8 Å². The molecule has 0 bridgehead atoms. The molecule has 1 saturated heterocycles. The first kappa shape index (κ1) is 17.3. The third-order valence-electron chi connectivity index (χ3n) is 4.03. The first-order chi connectivity index (χ1) is 12.0. The number of hydrazone groups is 1. The Balaban J connectivity index is 1.60. The summed E-state index contributed by atoms with van der Waals surface area (Å²) in [6.45, 7) is 4.52. The summed E-state index contributed by atoms with van der Waals surface area (Å²) in [5, 5.41) is 6.97. The molecule has 0 unspecified atom stereocenters. The number of hydrogen-bond acceptors (Lipinski definition) is 5. The van der Waals surface area contributed by atoms with E-state index in [1.165, 1.54) is 11.3 Å². The van der Waals surface area contributed by atoms with Gasteiger partial charge in [0.1, 0.15) is 0 Å². The van der Waals surface area contributed by atoms with Crippen molar-refractivity contribution in [3.05, 3.63) is 45.9 Å². The molecule has 2 aromatic rings. The number of rotatable bonds is 5. The Hall–Kier alpha value is -2.54. The number of benzene rings is 1. The van der Waals surface area contributed by atoms with Crippen molar-refractivity contribution in [2.75, 3.05) is 11.4 Å². The molecular weight excluding hydrogens is 336 g/mol. The van der Waals surface area contributed by atoms with Crippen LogP contribution in [-0.4, -0.2) is 29.1 Å². The fraction of sp³-hybridized carbons (Fsp3) is 0.333. The third kappa shape index (κ3) is 4.30. The maximum Gasteiger partial charge on any atom is 0.246 e. The van der Waals surface area contributed by atoms with Gasteiger partial charge in [-0.1, -0.05) is 12.1 Å². The lowest BCUT2D eigenvalue weighted by molar-refractivity contribution is -0.120. The number of amides is 2. The van der Waals surface area contributed by atoms with Gasteiger partial charge in [0.15, 0.2) is 0 Å². The second-order valence-corrected chi connectivity index (χ2v) is 7.02. The van der Waals surface area contributed by atoms with Crippen molar-refractivity contribution in [3.8, 4) is 0 Å². The zero-order valence-electron chi connectivity index (χ0n) is 14.3. The molecule has 1 aromatic carbocycles. The number of anilines is 1. The SMILES string of the molecule is CC(=NNC(=O)Cc1csc(C)n1)c1ccc(N2CCCC2=O)cc1. The van der Waals surface area contributed by atoms with Crippen LogP contribution >= 0.6 is 11.3 Å².